The number of ether oxygens (including phenoxy) is 7. The molecule has 78 heavy (non-hydrogen) atoms. The number of carbonyl (C=O) groups excluding carboxylic acids is 5. The van der Waals surface area contributed by atoms with Crippen molar-refractivity contribution in [2.75, 3.05) is 107 Å². The van der Waals surface area contributed by atoms with Crippen LogP contribution in [0.3, 0.4) is 0 Å². The maximum absolute atomic E-state index is 14.4. The van der Waals surface area contributed by atoms with Crippen LogP contribution in [0.2, 0.25) is 0 Å². The van der Waals surface area contributed by atoms with E-state index in [4.69, 9.17) is 43.0 Å². The van der Waals surface area contributed by atoms with Crippen LogP contribution in [-0.2, 0) is 59.5 Å². The number of likely N-dealkylation sites (N-methyl/N-ethyl adjacent to an activating group) is 1. The van der Waals surface area contributed by atoms with Crippen molar-refractivity contribution in [1.82, 2.24) is 5.06 Å². The van der Waals surface area contributed by atoms with Gasteiger partial charge in [-0.3, -0.25) is 29.1 Å². The number of aliphatic imine (C=N–C) groups is 1. The first-order valence-electron chi connectivity index (χ1n) is 26.3. The van der Waals surface area contributed by atoms with Gasteiger partial charge in [-0.05, 0) is 77.6 Å². The maximum atomic E-state index is 14.4. The number of methoxy groups -OCH3 is 3. The van der Waals surface area contributed by atoms with Gasteiger partial charge in [0.1, 0.15) is 19.8 Å². The summed E-state index contributed by atoms with van der Waals surface area (Å²) in [5.41, 5.74) is 8.38. The smallest absolute Gasteiger partial charge is 0.332 e. The Bertz CT molecular complexity index is 3110. The number of hydroxylamine groups is 2. The van der Waals surface area contributed by atoms with Crippen molar-refractivity contribution in [3.63, 3.8) is 0 Å². The van der Waals surface area contributed by atoms with Gasteiger partial charge in [-0.1, -0.05) is 36.4 Å². The number of hydrogen-bond acceptors (Lipinski definition) is 16. The van der Waals surface area contributed by atoms with E-state index in [1.807, 2.05) is 84.9 Å². The molecule has 0 N–H and O–H groups in total. The van der Waals surface area contributed by atoms with Crippen molar-refractivity contribution in [2.24, 2.45) is 4.99 Å². The van der Waals surface area contributed by atoms with Gasteiger partial charge in [0.05, 0.1) is 81.8 Å². The van der Waals surface area contributed by atoms with Crippen molar-refractivity contribution >= 4 is 64.1 Å². The molecule has 5 aliphatic heterocycles. The number of rotatable bonds is 23. The van der Waals surface area contributed by atoms with Gasteiger partial charge in [0, 0.05) is 94.9 Å². The summed E-state index contributed by atoms with van der Waals surface area (Å²) in [5.74, 6) is 0.0929. The maximum Gasteiger partial charge on any atom is 0.332 e. The standard InChI is InChI=1S/C59H64N6O13/c1-61-34-44-28-41-11-6-8-13-50(41)65(44)59(70)47-30-53(73-4)55(32-51(47)61)77-37-39-24-38(36-76-54-31-48-46(29-52(54)72-3)58(69)64-43(33-60-48)27-40-10-5-7-12-49(40)64)25-42(26-39)62(18-19-74-22-23-75-21-20-71-2)17-9-14-57(68)78-63-35-45(66)15-16-56(63)67/h5-8,10-13,24-26,29-33,43-44H,9,14-23,27-28,34-37H2,1-4H3/t43-,44-/m0/s1. The number of piperidine rings is 1. The Hall–Kier alpha value is -8.00. The van der Waals surface area contributed by atoms with Crippen LogP contribution in [-0.4, -0.2) is 140 Å². The number of anilines is 4. The summed E-state index contributed by atoms with van der Waals surface area (Å²) >= 11 is 0. The molecule has 3 amide bonds. The molecule has 0 radical (unpaired) electrons. The summed E-state index contributed by atoms with van der Waals surface area (Å²) in [6.45, 7) is 3.21. The van der Waals surface area contributed by atoms with E-state index in [9.17, 15) is 24.0 Å². The number of fused-ring (bicyclic) bond motifs is 8. The quantitative estimate of drug-likeness (QED) is 0.0603. The summed E-state index contributed by atoms with van der Waals surface area (Å²) in [6.07, 6.45) is 3.64. The molecule has 2 atom stereocenters. The highest BCUT2D eigenvalue weighted by molar-refractivity contribution is 6.15. The molecule has 10 rings (SSSR count). The largest absolute Gasteiger partial charge is 0.493 e. The molecule has 0 spiro atoms. The van der Waals surface area contributed by atoms with Gasteiger partial charge in [-0.15, -0.1) is 0 Å². The summed E-state index contributed by atoms with van der Waals surface area (Å²) in [7, 11) is 6.68. The predicted molar refractivity (Wildman–Crippen MR) is 291 cm³/mol. The first-order chi connectivity index (χ1) is 38.0. The molecule has 5 aliphatic rings. The molecule has 0 bridgehead atoms. The third-order valence-electron chi connectivity index (χ3n) is 14.6. The van der Waals surface area contributed by atoms with Crippen molar-refractivity contribution in [3.8, 4) is 23.0 Å². The highest BCUT2D eigenvalue weighted by Crippen LogP contribution is 2.44. The Kier molecular flexibility index (Phi) is 16.5. The van der Waals surface area contributed by atoms with Crippen molar-refractivity contribution < 1.29 is 62.0 Å². The highest BCUT2D eigenvalue weighted by Gasteiger charge is 2.40. The van der Waals surface area contributed by atoms with Crippen molar-refractivity contribution in [3.05, 3.63) is 124 Å². The Morgan fingerprint density at radius 2 is 1.31 bits per heavy atom. The van der Waals surface area contributed by atoms with Gasteiger partial charge >= 0.3 is 5.97 Å². The molecular formula is C59H64N6O13. The molecule has 19 nitrogen and oxygen atoms in total. The minimum Gasteiger partial charge on any atom is -0.493 e. The Balaban J connectivity index is 0.931. The van der Waals surface area contributed by atoms with Crippen molar-refractivity contribution in [2.45, 2.75) is 63.8 Å². The van der Waals surface area contributed by atoms with E-state index in [1.54, 1.807) is 37.3 Å². The van der Waals surface area contributed by atoms with Crippen LogP contribution in [0.25, 0.3) is 0 Å². The van der Waals surface area contributed by atoms with Crippen LogP contribution in [0.5, 0.6) is 23.0 Å². The lowest BCUT2D eigenvalue weighted by molar-refractivity contribution is -0.201. The number of ketones is 1. The second kappa shape index (κ2) is 24.1. The van der Waals surface area contributed by atoms with Gasteiger partial charge < -0.3 is 52.7 Å². The number of benzene rings is 5. The van der Waals surface area contributed by atoms with Gasteiger partial charge in [0.2, 0.25) is 0 Å². The number of amides is 3. The molecule has 0 aliphatic carbocycles. The third kappa shape index (κ3) is 11.6. The molecule has 0 unspecified atom stereocenters. The van der Waals surface area contributed by atoms with Crippen molar-refractivity contribution in [1.29, 1.82) is 0 Å². The molecule has 408 valence electrons. The summed E-state index contributed by atoms with van der Waals surface area (Å²) in [6, 6.07) is 28.6. The van der Waals surface area contributed by atoms with Crippen LogP contribution in [0.4, 0.5) is 28.4 Å². The van der Waals surface area contributed by atoms with Crippen LogP contribution in [0, 0.1) is 0 Å². The SMILES string of the molecule is COCCOCCOCCN(CCCC(=O)ON1CC(=O)CCC1=O)c1cc(COc2cc3c(cc2OC)C(=O)N2c4ccccc4C[C@H]2C=N3)cc(COc2cc3c(cc2OC)C(=O)N2c4ccccc4C[C@H]2CN3C)c1. The van der Waals surface area contributed by atoms with Gasteiger partial charge in [0.25, 0.3) is 17.7 Å². The Morgan fingerprint density at radius 1 is 0.667 bits per heavy atom. The monoisotopic (exact) mass is 1060 g/mol. The molecule has 1 fully saturated rings. The molecule has 19 heteroatoms. The third-order valence-corrected chi connectivity index (χ3v) is 14.6. The van der Waals surface area contributed by atoms with E-state index in [-0.39, 0.29) is 68.7 Å². The number of para-hydroxylation sites is 2. The molecule has 0 saturated carbocycles. The van der Waals surface area contributed by atoms with Gasteiger partial charge in [-0.2, -0.15) is 5.06 Å². The molecule has 5 heterocycles. The second-order valence-corrected chi connectivity index (χ2v) is 19.8. The average molecular weight is 1070 g/mol. The van der Waals surface area contributed by atoms with E-state index in [0.717, 1.165) is 56.5 Å². The summed E-state index contributed by atoms with van der Waals surface area (Å²) in [5, 5.41) is 0.854. The Morgan fingerprint density at radius 3 is 2.03 bits per heavy atom. The average Bonchev–Trinajstić information content (AvgIpc) is 4.13. The highest BCUT2D eigenvalue weighted by atomic mass is 16.7. The number of Topliss-reactive ketones (excluding diaryl/α,β-unsaturated/α-hetero) is 1. The zero-order valence-corrected chi connectivity index (χ0v) is 44.4. The normalized spacial score (nSPS) is 17.1. The number of nitrogens with zero attached hydrogens (tertiary/aromatic N) is 6. The Labute approximate surface area is 453 Å². The second-order valence-electron chi connectivity index (χ2n) is 19.8. The van der Waals surface area contributed by atoms with Crippen LogP contribution in [0.15, 0.2) is 96.0 Å². The topological polar surface area (TPSA) is 188 Å². The minimum absolute atomic E-state index is 0.00449. The minimum atomic E-state index is -0.628. The van der Waals surface area contributed by atoms with Crippen LogP contribution < -0.4 is 38.5 Å². The first kappa shape index (κ1) is 53.4. The van der Waals surface area contributed by atoms with E-state index >= 15 is 0 Å². The zero-order chi connectivity index (χ0) is 54.3. The summed E-state index contributed by atoms with van der Waals surface area (Å²) in [4.78, 5) is 84.3. The lowest BCUT2D eigenvalue weighted by Crippen LogP contribution is -2.41. The van der Waals surface area contributed by atoms with Gasteiger partial charge in [-0.25, -0.2) is 4.79 Å². The first-order valence-corrected chi connectivity index (χ1v) is 26.3. The van der Waals surface area contributed by atoms with Crippen LogP contribution >= 0.6 is 0 Å². The van der Waals surface area contributed by atoms with E-state index in [1.165, 1.54) is 7.11 Å². The number of hydrogen-bond donors (Lipinski definition) is 0. The molecule has 0 aromatic heterocycles. The zero-order valence-electron chi connectivity index (χ0n) is 44.4. The molecule has 5 aromatic rings. The van der Waals surface area contributed by atoms with E-state index in [2.05, 4.69) is 15.9 Å². The molecule has 1 saturated heterocycles. The van der Waals surface area contributed by atoms with E-state index < -0.39 is 11.9 Å². The molecular weight excluding hydrogens is 1000 g/mol. The van der Waals surface area contributed by atoms with Crippen LogP contribution in [0.1, 0.15) is 68.7 Å². The fourth-order valence-corrected chi connectivity index (χ4v) is 10.7. The van der Waals surface area contributed by atoms with E-state index in [0.29, 0.717) is 105 Å². The fourth-order valence-electron chi connectivity index (χ4n) is 10.7. The number of carbonyl (C=O) groups is 5. The predicted octanol–water partition coefficient (Wildman–Crippen LogP) is 7.09. The molecule has 5 aromatic carbocycles. The lowest BCUT2D eigenvalue weighted by atomic mass is 10.1. The fraction of sp³-hybridized carbons (Fsp3) is 0.390. The summed E-state index contributed by atoms with van der Waals surface area (Å²) < 4.78 is 41.8. The van der Waals surface area contributed by atoms with Gasteiger partial charge in [0.15, 0.2) is 28.8 Å². The lowest BCUT2D eigenvalue weighted by Gasteiger charge is -2.27.